The lowest BCUT2D eigenvalue weighted by atomic mass is 9.81. The summed E-state index contributed by atoms with van der Waals surface area (Å²) in [5.41, 5.74) is -2.86. The lowest BCUT2D eigenvalue weighted by Crippen LogP contribution is -2.44. The number of aliphatic hydroxyl groups is 1. The van der Waals surface area contributed by atoms with Crippen LogP contribution in [0.1, 0.15) is 17.3 Å². The van der Waals surface area contributed by atoms with E-state index in [-0.39, 0.29) is 16.8 Å². The van der Waals surface area contributed by atoms with Gasteiger partial charge in [0.05, 0.1) is 29.1 Å². The monoisotopic (exact) mass is 405 g/mol. The van der Waals surface area contributed by atoms with Gasteiger partial charge in [-0.1, -0.05) is 0 Å². The van der Waals surface area contributed by atoms with Gasteiger partial charge < -0.3 is 19.3 Å². The van der Waals surface area contributed by atoms with Crippen LogP contribution in [0.3, 0.4) is 0 Å². The molecule has 1 fully saturated rings. The normalized spacial score (nSPS) is 28.1. The molecule has 0 radical (unpaired) electrons. The number of Topliss-reactive ketones (excluding diaryl/α,β-unsaturated/α-hetero) is 1. The highest BCUT2D eigenvalue weighted by Crippen LogP contribution is 2.46. The average molecular weight is 405 g/mol. The Hall–Kier alpha value is -3.60. The number of carbonyl (C=O) groups excluding carboxylic acids is 4. The van der Waals surface area contributed by atoms with Crippen LogP contribution >= 0.6 is 0 Å². The lowest BCUT2D eigenvalue weighted by Gasteiger charge is -2.29. The Morgan fingerprint density at radius 3 is 2.38 bits per heavy atom. The molecule has 0 saturated heterocycles. The SMILES string of the molecule is COC(=O)C1=COC(=O)[C@H]2[C@@H]1[C@H](OC(=O)c1ccc([N+](=O)[O-])cc1)C(=O)[C@]2(C)O. The zero-order chi connectivity index (χ0) is 21.5. The van der Waals surface area contributed by atoms with Crippen molar-refractivity contribution in [3.63, 3.8) is 0 Å². The first-order valence-corrected chi connectivity index (χ1v) is 8.30. The molecule has 1 aromatic carbocycles. The van der Waals surface area contributed by atoms with E-state index >= 15 is 0 Å². The number of nitrogens with zero attached hydrogens (tertiary/aromatic N) is 1. The summed E-state index contributed by atoms with van der Waals surface area (Å²) in [6.45, 7) is 1.06. The van der Waals surface area contributed by atoms with Crippen molar-refractivity contribution in [3.8, 4) is 0 Å². The molecule has 0 unspecified atom stereocenters. The molecule has 3 rings (SSSR count). The number of ether oxygens (including phenoxy) is 3. The first-order chi connectivity index (χ1) is 13.6. The van der Waals surface area contributed by atoms with Crippen LogP contribution in [0, 0.1) is 22.0 Å². The van der Waals surface area contributed by atoms with E-state index in [4.69, 9.17) is 9.47 Å². The standard InChI is InChI=1S/C18H15NO10/c1-18(24)12-11(10(16(22)27-2)7-28-17(12)23)13(14(18)20)29-15(21)8-3-5-9(6-4-8)19(25)26/h3-7,11-13,24H,1-2H3/t11-,12-,13+,18-/m1/s1. The molecule has 11 heteroatoms. The van der Waals surface area contributed by atoms with E-state index in [1.807, 2.05) is 0 Å². The van der Waals surface area contributed by atoms with E-state index in [1.165, 1.54) is 0 Å². The Bertz CT molecular complexity index is 946. The van der Waals surface area contributed by atoms with Crippen molar-refractivity contribution in [3.05, 3.63) is 51.8 Å². The zero-order valence-electron chi connectivity index (χ0n) is 15.2. The topological polar surface area (TPSA) is 159 Å². The number of ketones is 1. The van der Waals surface area contributed by atoms with Gasteiger partial charge in [-0.15, -0.1) is 0 Å². The third-order valence-electron chi connectivity index (χ3n) is 4.93. The van der Waals surface area contributed by atoms with E-state index in [0.717, 1.165) is 44.6 Å². The molecule has 0 aromatic heterocycles. The molecule has 0 bridgehead atoms. The summed E-state index contributed by atoms with van der Waals surface area (Å²) < 4.78 is 14.6. The van der Waals surface area contributed by atoms with Gasteiger partial charge in [-0.05, 0) is 19.1 Å². The molecule has 0 amide bonds. The van der Waals surface area contributed by atoms with E-state index < -0.39 is 52.2 Å². The highest BCUT2D eigenvalue weighted by molar-refractivity contribution is 6.05. The van der Waals surface area contributed by atoms with E-state index in [9.17, 15) is 34.4 Å². The maximum absolute atomic E-state index is 12.7. The summed E-state index contributed by atoms with van der Waals surface area (Å²) in [5, 5.41) is 21.3. The fourth-order valence-electron chi connectivity index (χ4n) is 3.45. The van der Waals surface area contributed by atoms with Gasteiger partial charge in [0.2, 0.25) is 5.78 Å². The van der Waals surface area contributed by atoms with E-state index in [0.29, 0.717) is 0 Å². The Balaban J connectivity index is 1.95. The second kappa shape index (κ2) is 7.09. The number of hydrogen-bond donors (Lipinski definition) is 1. The van der Waals surface area contributed by atoms with Crippen LogP contribution in [-0.2, 0) is 28.6 Å². The van der Waals surface area contributed by atoms with Crippen LogP contribution in [0.2, 0.25) is 0 Å². The van der Waals surface area contributed by atoms with Crippen LogP contribution in [0.25, 0.3) is 0 Å². The van der Waals surface area contributed by atoms with Crippen LogP contribution in [-0.4, -0.2) is 52.5 Å². The van der Waals surface area contributed by atoms with Gasteiger partial charge in [0.1, 0.15) is 17.8 Å². The summed E-state index contributed by atoms with van der Waals surface area (Å²) >= 11 is 0. The minimum absolute atomic E-state index is 0.103. The molecule has 0 spiro atoms. The van der Waals surface area contributed by atoms with Gasteiger partial charge in [0.25, 0.3) is 5.69 Å². The number of non-ortho nitro benzene ring substituents is 1. The fourth-order valence-corrected chi connectivity index (χ4v) is 3.45. The van der Waals surface area contributed by atoms with Gasteiger partial charge in [-0.3, -0.25) is 19.7 Å². The molecule has 1 aliphatic heterocycles. The van der Waals surface area contributed by atoms with Crippen molar-refractivity contribution in [2.24, 2.45) is 11.8 Å². The molecule has 1 N–H and O–H groups in total. The Morgan fingerprint density at radius 2 is 1.83 bits per heavy atom. The van der Waals surface area contributed by atoms with E-state index in [2.05, 4.69) is 4.74 Å². The molecular weight excluding hydrogens is 390 g/mol. The number of hydrogen-bond acceptors (Lipinski definition) is 10. The van der Waals surface area contributed by atoms with Gasteiger partial charge >= 0.3 is 17.9 Å². The molecule has 152 valence electrons. The Labute approximate surface area is 163 Å². The van der Waals surface area contributed by atoms with Crippen molar-refractivity contribution in [2.75, 3.05) is 7.11 Å². The van der Waals surface area contributed by atoms with Gasteiger partial charge in [0.15, 0.2) is 6.10 Å². The highest BCUT2D eigenvalue weighted by Gasteiger charge is 2.65. The number of nitro benzene ring substituents is 1. The summed E-state index contributed by atoms with van der Waals surface area (Å²) in [7, 11) is 1.07. The first kappa shape index (κ1) is 20.1. The largest absolute Gasteiger partial charge is 0.466 e. The zero-order valence-corrected chi connectivity index (χ0v) is 15.2. The molecule has 29 heavy (non-hydrogen) atoms. The predicted octanol–water partition coefficient (Wildman–Crippen LogP) is 0.300. The van der Waals surface area contributed by atoms with Crippen LogP contribution in [0.4, 0.5) is 5.69 Å². The highest BCUT2D eigenvalue weighted by atomic mass is 16.6. The second-order valence-corrected chi connectivity index (χ2v) is 6.65. The molecule has 1 heterocycles. The molecule has 1 saturated carbocycles. The third kappa shape index (κ3) is 3.25. The molecule has 1 aromatic rings. The summed E-state index contributed by atoms with van der Waals surface area (Å²) in [4.78, 5) is 59.4. The van der Waals surface area contributed by atoms with Crippen molar-refractivity contribution in [1.82, 2.24) is 0 Å². The minimum Gasteiger partial charge on any atom is -0.466 e. The lowest BCUT2D eigenvalue weighted by molar-refractivity contribution is -0.384. The maximum Gasteiger partial charge on any atom is 0.338 e. The third-order valence-corrected chi connectivity index (χ3v) is 4.93. The Morgan fingerprint density at radius 1 is 1.21 bits per heavy atom. The number of cyclic esters (lactones) is 1. The molecule has 2 aliphatic rings. The molecule has 4 atom stereocenters. The smallest absolute Gasteiger partial charge is 0.338 e. The number of methoxy groups -OCH3 is 1. The van der Waals surface area contributed by atoms with Crippen LogP contribution in [0.15, 0.2) is 36.1 Å². The second-order valence-electron chi connectivity index (χ2n) is 6.65. The number of esters is 3. The van der Waals surface area contributed by atoms with Gasteiger partial charge in [-0.2, -0.15) is 0 Å². The molecular formula is C18H15NO10. The van der Waals surface area contributed by atoms with Crippen molar-refractivity contribution >= 4 is 29.4 Å². The first-order valence-electron chi connectivity index (χ1n) is 8.30. The minimum atomic E-state index is -2.25. The predicted molar refractivity (Wildman–Crippen MR) is 91.1 cm³/mol. The number of benzene rings is 1. The van der Waals surface area contributed by atoms with Crippen molar-refractivity contribution < 1.29 is 43.4 Å². The summed E-state index contributed by atoms with van der Waals surface area (Å²) in [6.07, 6.45) is -0.868. The fraction of sp³-hybridized carbons (Fsp3) is 0.333. The number of rotatable bonds is 4. The van der Waals surface area contributed by atoms with Crippen molar-refractivity contribution in [2.45, 2.75) is 18.6 Å². The number of carbonyl (C=O) groups is 4. The molecule has 1 aliphatic carbocycles. The van der Waals surface area contributed by atoms with Gasteiger partial charge in [0, 0.05) is 12.1 Å². The number of nitro groups is 1. The summed E-state index contributed by atoms with van der Waals surface area (Å²) in [5.74, 6) is -6.70. The van der Waals surface area contributed by atoms with Crippen LogP contribution in [0.5, 0.6) is 0 Å². The summed E-state index contributed by atoms with van der Waals surface area (Å²) in [6, 6.07) is 4.40. The van der Waals surface area contributed by atoms with E-state index in [1.54, 1.807) is 0 Å². The van der Waals surface area contributed by atoms with Crippen LogP contribution < -0.4 is 0 Å². The molecule has 11 nitrogen and oxygen atoms in total. The van der Waals surface area contributed by atoms with Crippen molar-refractivity contribution in [1.29, 1.82) is 0 Å². The maximum atomic E-state index is 12.7. The Kier molecular flexibility index (Phi) is 4.93. The quantitative estimate of drug-likeness (QED) is 0.319. The average Bonchev–Trinajstić information content (AvgIpc) is 2.89. The van der Waals surface area contributed by atoms with Gasteiger partial charge in [-0.25, -0.2) is 9.59 Å². The number of fused-ring (bicyclic) bond motifs is 1.